The zero-order valence-electron chi connectivity index (χ0n) is 11.4. The number of carbonyl (C=O) groups is 1. The van der Waals surface area contributed by atoms with E-state index in [1.807, 2.05) is 0 Å². The zero-order valence-corrected chi connectivity index (χ0v) is 12.2. The monoisotopic (exact) mass is 305 g/mol. The van der Waals surface area contributed by atoms with Crippen molar-refractivity contribution in [1.82, 2.24) is 0 Å². The Morgan fingerprint density at radius 2 is 2.00 bits per heavy atom. The van der Waals surface area contributed by atoms with Gasteiger partial charge in [0.1, 0.15) is 5.82 Å². The molecule has 0 heterocycles. The third-order valence-corrected chi connectivity index (χ3v) is 3.87. The summed E-state index contributed by atoms with van der Waals surface area (Å²) in [4.78, 5) is 12.4. The van der Waals surface area contributed by atoms with Crippen LogP contribution in [0.5, 0.6) is 0 Å². The number of thioether (sulfide) groups is 1. The van der Waals surface area contributed by atoms with E-state index in [0.29, 0.717) is 22.8 Å². The number of aliphatic hydroxyl groups excluding tert-OH is 1. The number of aliphatic hydroxyl groups is 1. The topological polar surface area (TPSA) is 49.3 Å². The van der Waals surface area contributed by atoms with E-state index in [4.69, 9.17) is 5.11 Å². The minimum absolute atomic E-state index is 0.0627. The number of halogens is 1. The molecule has 2 aromatic carbocycles. The van der Waals surface area contributed by atoms with Gasteiger partial charge in [-0.05, 0) is 29.8 Å². The van der Waals surface area contributed by atoms with Gasteiger partial charge in [0.25, 0.3) is 0 Å². The summed E-state index contributed by atoms with van der Waals surface area (Å²) in [6.07, 6.45) is 0.294. The molecule has 2 rings (SSSR count). The lowest BCUT2D eigenvalue weighted by Crippen LogP contribution is -2.12. The van der Waals surface area contributed by atoms with Crippen LogP contribution in [0.15, 0.2) is 53.4 Å². The highest BCUT2D eigenvalue weighted by Crippen LogP contribution is 2.22. The summed E-state index contributed by atoms with van der Waals surface area (Å²) in [5.41, 5.74) is 1.40. The fraction of sp³-hybridized carbons (Fsp3) is 0.188. The van der Waals surface area contributed by atoms with Crippen molar-refractivity contribution in [2.75, 3.05) is 11.1 Å². The Bertz CT molecular complexity index is 619. The molecule has 0 spiro atoms. The van der Waals surface area contributed by atoms with E-state index in [1.54, 1.807) is 42.5 Å². The second-order valence-corrected chi connectivity index (χ2v) is 5.57. The SMILES string of the molecule is O=C(CCSc1ccccc1F)Nc1cccc(CO)c1. The molecule has 0 unspecified atom stereocenters. The van der Waals surface area contributed by atoms with Gasteiger partial charge in [-0.1, -0.05) is 24.3 Å². The van der Waals surface area contributed by atoms with E-state index in [9.17, 15) is 9.18 Å². The van der Waals surface area contributed by atoms with Crippen molar-refractivity contribution in [2.45, 2.75) is 17.9 Å². The first-order valence-corrected chi connectivity index (χ1v) is 7.54. The first-order chi connectivity index (χ1) is 10.2. The first-order valence-electron chi connectivity index (χ1n) is 6.56. The quantitative estimate of drug-likeness (QED) is 0.804. The van der Waals surface area contributed by atoms with Gasteiger partial charge in [0, 0.05) is 22.8 Å². The molecule has 0 atom stereocenters. The largest absolute Gasteiger partial charge is 0.392 e. The molecule has 0 fully saturated rings. The van der Waals surface area contributed by atoms with Crippen LogP contribution >= 0.6 is 11.8 Å². The summed E-state index contributed by atoms with van der Waals surface area (Å²) in [7, 11) is 0. The van der Waals surface area contributed by atoms with Crippen LogP contribution in [0.2, 0.25) is 0 Å². The Balaban J connectivity index is 1.81. The lowest BCUT2D eigenvalue weighted by Gasteiger charge is -2.07. The number of carbonyl (C=O) groups excluding carboxylic acids is 1. The van der Waals surface area contributed by atoms with Crippen molar-refractivity contribution in [3.05, 3.63) is 59.9 Å². The summed E-state index contributed by atoms with van der Waals surface area (Å²) in [5, 5.41) is 11.8. The molecular formula is C16H16FNO2S. The lowest BCUT2D eigenvalue weighted by molar-refractivity contribution is -0.115. The van der Waals surface area contributed by atoms with Crippen molar-refractivity contribution < 1.29 is 14.3 Å². The maximum absolute atomic E-state index is 13.4. The molecule has 21 heavy (non-hydrogen) atoms. The van der Waals surface area contributed by atoms with Crippen molar-refractivity contribution in [3.8, 4) is 0 Å². The number of anilines is 1. The number of benzene rings is 2. The number of hydrogen-bond acceptors (Lipinski definition) is 3. The van der Waals surface area contributed by atoms with Gasteiger partial charge in [-0.15, -0.1) is 11.8 Å². The minimum Gasteiger partial charge on any atom is -0.392 e. The maximum Gasteiger partial charge on any atom is 0.225 e. The molecule has 0 aliphatic rings. The van der Waals surface area contributed by atoms with E-state index < -0.39 is 0 Å². The van der Waals surface area contributed by atoms with Crippen molar-refractivity contribution >= 4 is 23.4 Å². The molecule has 0 aromatic heterocycles. The number of hydrogen-bond donors (Lipinski definition) is 2. The molecule has 110 valence electrons. The van der Waals surface area contributed by atoms with Gasteiger partial charge in [-0.25, -0.2) is 4.39 Å². The van der Waals surface area contributed by atoms with Crippen LogP contribution in [0, 0.1) is 5.82 Å². The van der Waals surface area contributed by atoms with Crippen LogP contribution < -0.4 is 5.32 Å². The van der Waals surface area contributed by atoms with Gasteiger partial charge in [-0.2, -0.15) is 0 Å². The third-order valence-electron chi connectivity index (χ3n) is 2.82. The van der Waals surface area contributed by atoms with Crippen molar-refractivity contribution in [2.24, 2.45) is 0 Å². The van der Waals surface area contributed by atoms with Crippen LogP contribution in [-0.4, -0.2) is 16.8 Å². The number of nitrogens with one attached hydrogen (secondary N) is 1. The molecule has 3 nitrogen and oxygen atoms in total. The molecule has 0 bridgehead atoms. The Morgan fingerprint density at radius 3 is 2.76 bits per heavy atom. The lowest BCUT2D eigenvalue weighted by atomic mass is 10.2. The van der Waals surface area contributed by atoms with E-state index in [2.05, 4.69) is 5.32 Å². The molecule has 0 saturated carbocycles. The van der Waals surface area contributed by atoms with Gasteiger partial charge in [0.05, 0.1) is 6.61 Å². The summed E-state index contributed by atoms with van der Waals surface area (Å²) in [5.74, 6) is 0.111. The van der Waals surface area contributed by atoms with Crippen molar-refractivity contribution in [1.29, 1.82) is 0 Å². The highest BCUT2D eigenvalue weighted by atomic mass is 32.2. The van der Waals surface area contributed by atoms with Gasteiger partial charge in [0.15, 0.2) is 0 Å². The van der Waals surface area contributed by atoms with Crippen molar-refractivity contribution in [3.63, 3.8) is 0 Å². The molecule has 0 saturated heterocycles. The van der Waals surface area contributed by atoms with Crippen LogP contribution in [0.4, 0.5) is 10.1 Å². The van der Waals surface area contributed by atoms with E-state index in [0.717, 1.165) is 5.56 Å². The highest BCUT2D eigenvalue weighted by molar-refractivity contribution is 7.99. The second kappa shape index (κ2) is 7.81. The Kier molecular flexibility index (Phi) is 5.78. The summed E-state index contributed by atoms with van der Waals surface area (Å²) < 4.78 is 13.4. The molecule has 0 aliphatic carbocycles. The maximum atomic E-state index is 13.4. The first kappa shape index (κ1) is 15.5. The van der Waals surface area contributed by atoms with E-state index in [1.165, 1.54) is 17.8 Å². The van der Waals surface area contributed by atoms with Crippen LogP contribution in [0.1, 0.15) is 12.0 Å². The van der Waals surface area contributed by atoms with Gasteiger partial charge in [-0.3, -0.25) is 4.79 Å². The molecule has 0 aliphatic heterocycles. The van der Waals surface area contributed by atoms with Gasteiger partial charge in [0.2, 0.25) is 5.91 Å². The molecule has 2 aromatic rings. The van der Waals surface area contributed by atoms with Crippen LogP contribution in [0.25, 0.3) is 0 Å². The molecule has 5 heteroatoms. The average Bonchev–Trinajstić information content (AvgIpc) is 2.49. The molecule has 1 amide bonds. The van der Waals surface area contributed by atoms with E-state index in [-0.39, 0.29) is 18.3 Å². The van der Waals surface area contributed by atoms with Gasteiger partial charge < -0.3 is 10.4 Å². The predicted octanol–water partition coefficient (Wildman–Crippen LogP) is 3.44. The fourth-order valence-electron chi connectivity index (χ4n) is 1.79. The average molecular weight is 305 g/mol. The minimum atomic E-state index is -0.265. The fourth-order valence-corrected chi connectivity index (χ4v) is 2.67. The summed E-state index contributed by atoms with van der Waals surface area (Å²) in [6, 6.07) is 13.6. The Morgan fingerprint density at radius 1 is 1.19 bits per heavy atom. The Hall–Kier alpha value is -1.85. The van der Waals surface area contributed by atoms with Crippen LogP contribution in [-0.2, 0) is 11.4 Å². The highest BCUT2D eigenvalue weighted by Gasteiger charge is 2.05. The third kappa shape index (κ3) is 4.88. The number of amides is 1. The zero-order chi connectivity index (χ0) is 15.1. The normalized spacial score (nSPS) is 10.4. The smallest absolute Gasteiger partial charge is 0.225 e. The van der Waals surface area contributed by atoms with Crippen LogP contribution in [0.3, 0.4) is 0 Å². The van der Waals surface area contributed by atoms with Gasteiger partial charge >= 0.3 is 0 Å². The summed E-state index contributed by atoms with van der Waals surface area (Å²) in [6.45, 7) is -0.0627. The summed E-state index contributed by atoms with van der Waals surface area (Å²) >= 11 is 1.32. The second-order valence-electron chi connectivity index (χ2n) is 4.44. The molecule has 2 N–H and O–H groups in total. The Labute approximate surface area is 127 Å². The molecule has 0 radical (unpaired) electrons. The van der Waals surface area contributed by atoms with E-state index >= 15 is 0 Å². The number of rotatable bonds is 6. The molecular weight excluding hydrogens is 289 g/mol. The predicted molar refractivity (Wildman–Crippen MR) is 82.7 cm³/mol. The standard InChI is InChI=1S/C16H16FNO2S/c17-14-6-1-2-7-15(14)21-9-8-16(20)18-13-5-3-4-12(10-13)11-19/h1-7,10,19H,8-9,11H2,(H,18,20).